The van der Waals surface area contributed by atoms with Crippen LogP contribution < -0.4 is 15.3 Å². The summed E-state index contributed by atoms with van der Waals surface area (Å²) in [6, 6.07) is 30.7. The van der Waals surface area contributed by atoms with Crippen molar-refractivity contribution in [1.82, 2.24) is 0 Å². The van der Waals surface area contributed by atoms with E-state index in [4.69, 9.17) is 0 Å². The zero-order valence-corrected chi connectivity index (χ0v) is 50.6. The highest BCUT2D eigenvalue weighted by molar-refractivity contribution is 8.02. The zero-order chi connectivity index (χ0) is 53.8. The van der Waals surface area contributed by atoms with Crippen LogP contribution in [0.25, 0.3) is 11.1 Å². The van der Waals surface area contributed by atoms with E-state index in [0.717, 1.165) is 6.42 Å². The molecule has 13 rings (SSSR count). The Hall–Kier alpha value is -4.33. The monoisotopic (exact) mass is 1020 g/mol. The lowest BCUT2D eigenvalue weighted by Gasteiger charge is -2.55. The average molecular weight is 1030 g/mol. The van der Waals surface area contributed by atoms with Gasteiger partial charge in [-0.2, -0.15) is 11.8 Å². The third-order valence-corrected chi connectivity index (χ3v) is 24.1. The first kappa shape index (κ1) is 51.1. The highest BCUT2D eigenvalue weighted by atomic mass is 32.2. The maximum atomic E-state index is 4.29. The summed E-state index contributed by atoms with van der Waals surface area (Å²) in [7, 11) is 0. The number of benzene rings is 4. The molecule has 0 amide bonds. The van der Waals surface area contributed by atoms with Crippen molar-refractivity contribution in [3.63, 3.8) is 0 Å². The summed E-state index contributed by atoms with van der Waals surface area (Å²) in [5, 5.41) is 0.614. The van der Waals surface area contributed by atoms with Crippen molar-refractivity contribution in [1.29, 1.82) is 0 Å². The molecule has 3 heterocycles. The molecular formula is C72H89BN2S. The molecule has 3 aliphatic heterocycles. The molecule has 1 saturated carbocycles. The predicted molar refractivity (Wildman–Crippen MR) is 328 cm³/mol. The zero-order valence-electron chi connectivity index (χ0n) is 49.8. The van der Waals surface area contributed by atoms with Crippen LogP contribution in [0.1, 0.15) is 209 Å². The standard InChI is InChI=1S/C72H89BN2S/c1-43-35-59-62-60(36-43)75(57-40-53-51(68(8,9)31-33-70(53,12)13)38-47(57)44-21-19-18-20-22-44)58-41-54-52(69(10,11)32-34-71(54,14)15)39-56(58)73(62)64-63(74(59)45-23-25-48-50(37-45)67(6,7)29-27-65(48,2)3)46-24-26-49-55(42-61(46)76-64)72(16,17)30-28-66(49,4)5/h18-23,25,35,37-42,46,49,60-61,63-64H,27-34,36H2,1-17H3. The molecule has 4 heteroatoms. The summed E-state index contributed by atoms with van der Waals surface area (Å²) in [6.07, 6.45) is 16.1. The molecule has 9 aliphatic rings. The minimum atomic E-state index is 0.0560. The first-order valence-corrected chi connectivity index (χ1v) is 30.9. The van der Waals surface area contributed by atoms with Gasteiger partial charge in [0.2, 0.25) is 6.71 Å². The van der Waals surface area contributed by atoms with E-state index >= 15 is 0 Å². The van der Waals surface area contributed by atoms with E-state index in [2.05, 4.69) is 236 Å². The van der Waals surface area contributed by atoms with Gasteiger partial charge in [0.1, 0.15) is 0 Å². The Bertz CT molecular complexity index is 3300. The van der Waals surface area contributed by atoms with Crippen LogP contribution in [0.15, 0.2) is 107 Å². The fraction of sp³-hybridized carbons (Fsp3) is 0.556. The molecule has 0 N–H and O–H groups in total. The first-order valence-electron chi connectivity index (χ1n) is 30.0. The van der Waals surface area contributed by atoms with Crippen LogP contribution in [0, 0.1) is 34.5 Å². The molecule has 2 fully saturated rings. The summed E-state index contributed by atoms with van der Waals surface area (Å²) in [5.41, 5.74) is 24.7. The van der Waals surface area contributed by atoms with Crippen LogP contribution in [0.2, 0.25) is 0 Å². The van der Waals surface area contributed by atoms with Gasteiger partial charge in [-0.3, -0.25) is 0 Å². The highest BCUT2D eigenvalue weighted by Crippen LogP contribution is 2.61. The number of thioether (sulfide) groups is 1. The molecule has 0 aromatic heterocycles. The van der Waals surface area contributed by atoms with E-state index in [1.807, 2.05) is 0 Å². The van der Waals surface area contributed by atoms with Crippen molar-refractivity contribution in [2.24, 2.45) is 22.7 Å². The fourth-order valence-electron chi connectivity index (χ4n) is 17.0. The van der Waals surface area contributed by atoms with Crippen LogP contribution in [0.3, 0.4) is 0 Å². The Morgan fingerprint density at radius 1 is 0.539 bits per heavy atom. The SMILES string of the molecule is CC1=CC2=C3B(c4cc5c(cc4N(c4cc6c(cc4-c4ccccc4)C(C)(C)CCC6(C)C)C3C1)C(C)(C)CCC5(C)C)C1SC3C=C4C(C#CC3C1N2c1ccc2c(c1)C(C)(C)CCC2(C)C)C(C)(C)CCC4(C)C. The van der Waals surface area contributed by atoms with Gasteiger partial charge >= 0.3 is 0 Å². The molecule has 396 valence electrons. The van der Waals surface area contributed by atoms with Crippen molar-refractivity contribution in [3.05, 3.63) is 141 Å². The van der Waals surface area contributed by atoms with Crippen LogP contribution in [0.5, 0.6) is 0 Å². The molecule has 1 saturated heterocycles. The normalized spacial score (nSPS) is 30.5. The largest absolute Gasteiger partial charge is 0.337 e. The van der Waals surface area contributed by atoms with E-state index in [9.17, 15) is 0 Å². The Balaban J connectivity index is 1.13. The molecule has 6 unspecified atom stereocenters. The summed E-state index contributed by atoms with van der Waals surface area (Å²) in [4.78, 5) is 5.91. The fourth-order valence-corrected chi connectivity index (χ4v) is 18.9. The van der Waals surface area contributed by atoms with Gasteiger partial charge in [0, 0.05) is 44.6 Å². The second-order valence-electron chi connectivity index (χ2n) is 31.3. The molecule has 76 heavy (non-hydrogen) atoms. The third kappa shape index (κ3) is 7.47. The van der Waals surface area contributed by atoms with E-state index < -0.39 is 0 Å². The summed E-state index contributed by atoms with van der Waals surface area (Å²) < 4.78 is 0. The summed E-state index contributed by atoms with van der Waals surface area (Å²) in [5.74, 6) is 8.95. The number of hydrogen-bond acceptors (Lipinski definition) is 3. The topological polar surface area (TPSA) is 6.48 Å². The summed E-state index contributed by atoms with van der Waals surface area (Å²) >= 11 is 2.32. The first-order chi connectivity index (χ1) is 35.5. The van der Waals surface area contributed by atoms with Crippen molar-refractivity contribution in [2.45, 2.75) is 230 Å². The number of fused-ring (bicyclic) bond motifs is 10. The van der Waals surface area contributed by atoms with E-state index in [-0.39, 0.29) is 74.0 Å². The lowest BCUT2D eigenvalue weighted by atomic mass is 9.31. The summed E-state index contributed by atoms with van der Waals surface area (Å²) in [6.45, 7) is 43.0. The lowest BCUT2D eigenvalue weighted by Crippen LogP contribution is -2.66. The Kier molecular flexibility index (Phi) is 11.0. The molecule has 4 aromatic rings. The molecule has 6 aliphatic carbocycles. The lowest BCUT2D eigenvalue weighted by molar-refractivity contribution is 0.157. The molecule has 0 spiro atoms. The van der Waals surface area contributed by atoms with Crippen molar-refractivity contribution >= 4 is 41.0 Å². The molecule has 2 nitrogen and oxygen atoms in total. The van der Waals surface area contributed by atoms with Crippen LogP contribution in [-0.2, 0) is 32.5 Å². The third-order valence-electron chi connectivity index (χ3n) is 22.5. The van der Waals surface area contributed by atoms with Gasteiger partial charge in [-0.15, -0.1) is 0 Å². The number of rotatable bonds is 3. The quantitative estimate of drug-likeness (QED) is 0.115. The Morgan fingerprint density at radius 2 is 1.08 bits per heavy atom. The van der Waals surface area contributed by atoms with E-state index in [1.165, 1.54) is 108 Å². The van der Waals surface area contributed by atoms with Gasteiger partial charge in [0.25, 0.3) is 0 Å². The van der Waals surface area contributed by atoms with Crippen molar-refractivity contribution < 1.29 is 0 Å². The molecule has 0 bridgehead atoms. The highest BCUT2D eigenvalue weighted by Gasteiger charge is 2.61. The second kappa shape index (κ2) is 16.4. The van der Waals surface area contributed by atoms with Gasteiger partial charge in [0.05, 0.1) is 18.0 Å². The van der Waals surface area contributed by atoms with E-state index in [0.29, 0.717) is 10.4 Å². The van der Waals surface area contributed by atoms with E-state index in [1.54, 1.807) is 33.2 Å². The molecule has 6 atom stereocenters. The van der Waals surface area contributed by atoms with Crippen molar-refractivity contribution in [3.8, 4) is 23.0 Å². The predicted octanol–water partition coefficient (Wildman–Crippen LogP) is 17.7. The number of hydrogen-bond donors (Lipinski definition) is 0. The van der Waals surface area contributed by atoms with Gasteiger partial charge in [-0.1, -0.05) is 182 Å². The molecule has 0 radical (unpaired) electrons. The number of allylic oxidation sites excluding steroid dienone is 2. The van der Waals surface area contributed by atoms with Gasteiger partial charge in [-0.05, 0) is 194 Å². The van der Waals surface area contributed by atoms with Crippen molar-refractivity contribution in [2.75, 3.05) is 9.80 Å². The molecular weight excluding hydrogens is 936 g/mol. The van der Waals surface area contributed by atoms with Crippen LogP contribution in [-0.4, -0.2) is 29.2 Å². The Labute approximate surface area is 464 Å². The Morgan fingerprint density at radius 3 is 1.70 bits per heavy atom. The molecule has 4 aromatic carbocycles. The van der Waals surface area contributed by atoms with Gasteiger partial charge < -0.3 is 9.80 Å². The van der Waals surface area contributed by atoms with Crippen LogP contribution in [0.4, 0.5) is 17.1 Å². The second-order valence-corrected chi connectivity index (χ2v) is 32.7. The maximum absolute atomic E-state index is 4.29. The average Bonchev–Trinajstić information content (AvgIpc) is 3.73. The van der Waals surface area contributed by atoms with Gasteiger partial charge in [0.15, 0.2) is 0 Å². The number of anilines is 3. The van der Waals surface area contributed by atoms with Gasteiger partial charge in [-0.25, -0.2) is 0 Å². The smallest absolute Gasteiger partial charge is 0.228 e. The maximum Gasteiger partial charge on any atom is 0.228 e. The minimum absolute atomic E-state index is 0.0560. The number of nitrogens with zero attached hydrogens (tertiary/aromatic N) is 2. The minimum Gasteiger partial charge on any atom is -0.337 e. The van der Waals surface area contributed by atoms with Crippen LogP contribution >= 0.6 is 11.8 Å².